The Balaban J connectivity index is 1.41. The molecule has 0 aliphatic carbocycles. The molecule has 9 nitrogen and oxygen atoms in total. The van der Waals surface area contributed by atoms with Gasteiger partial charge in [-0.2, -0.15) is 13.5 Å². The van der Waals surface area contributed by atoms with Gasteiger partial charge >= 0.3 is 10.1 Å². The average Bonchev–Trinajstić information content (AvgIpc) is 3.29. The van der Waals surface area contributed by atoms with Gasteiger partial charge in [-0.3, -0.25) is 4.79 Å². The Bertz CT molecular complexity index is 1470. The fourth-order valence-corrected chi connectivity index (χ4v) is 5.50. The predicted octanol–water partition coefficient (Wildman–Crippen LogP) is 4.84. The molecule has 1 heterocycles. The molecule has 0 saturated heterocycles. The van der Waals surface area contributed by atoms with Crippen molar-refractivity contribution in [2.24, 2.45) is 5.10 Å². The number of aromatic nitrogens is 1. The van der Waals surface area contributed by atoms with E-state index in [0.29, 0.717) is 26.5 Å². The third kappa shape index (κ3) is 6.56. The molecule has 0 radical (unpaired) electrons. The Morgan fingerprint density at radius 3 is 2.67 bits per heavy atom. The Morgan fingerprint density at radius 1 is 1.17 bits per heavy atom. The molecule has 0 spiro atoms. The highest BCUT2D eigenvalue weighted by Crippen LogP contribution is 2.36. The van der Waals surface area contributed by atoms with Crippen molar-refractivity contribution in [1.82, 2.24) is 10.4 Å². The van der Waals surface area contributed by atoms with E-state index in [9.17, 15) is 13.2 Å². The van der Waals surface area contributed by atoms with Crippen molar-refractivity contribution < 1.29 is 26.5 Å². The van der Waals surface area contributed by atoms with E-state index in [1.807, 2.05) is 46.9 Å². The van der Waals surface area contributed by atoms with Crippen molar-refractivity contribution >= 4 is 67.7 Å². The largest absolute Gasteiger partial charge is 0.490 e. The summed E-state index contributed by atoms with van der Waals surface area (Å²) in [5.74, 6) is 0.0447. The Kier molecular flexibility index (Phi) is 8.48. The van der Waals surface area contributed by atoms with E-state index in [1.54, 1.807) is 37.3 Å². The third-order valence-electron chi connectivity index (χ3n) is 4.56. The lowest BCUT2D eigenvalue weighted by molar-refractivity contribution is -0.118. The van der Waals surface area contributed by atoms with Gasteiger partial charge in [-0.05, 0) is 71.5 Å². The van der Waals surface area contributed by atoms with E-state index >= 15 is 0 Å². The second-order valence-corrected chi connectivity index (χ2v) is 10.8. The highest BCUT2D eigenvalue weighted by Gasteiger charge is 2.22. The molecule has 0 aliphatic heterocycles. The van der Waals surface area contributed by atoms with E-state index in [4.69, 9.17) is 13.3 Å². The van der Waals surface area contributed by atoms with Crippen LogP contribution in [0, 0.1) is 3.57 Å². The van der Waals surface area contributed by atoms with Crippen LogP contribution in [0.1, 0.15) is 12.5 Å². The number of hydrazone groups is 1. The lowest BCUT2D eigenvalue weighted by Gasteiger charge is -2.14. The van der Waals surface area contributed by atoms with Crippen molar-refractivity contribution in [2.75, 3.05) is 12.4 Å². The van der Waals surface area contributed by atoms with Gasteiger partial charge in [-0.1, -0.05) is 42.1 Å². The Morgan fingerprint density at radius 2 is 1.92 bits per heavy atom. The van der Waals surface area contributed by atoms with Gasteiger partial charge in [-0.25, -0.2) is 10.4 Å². The lowest BCUT2D eigenvalue weighted by atomic mass is 10.2. The number of ether oxygens (including phenoxy) is 1. The number of para-hydroxylation sites is 2. The summed E-state index contributed by atoms with van der Waals surface area (Å²) in [6.07, 6.45) is 1.43. The fraction of sp³-hybridized carbons (Fsp3) is 0.125. The summed E-state index contributed by atoms with van der Waals surface area (Å²) in [4.78, 5) is 16.5. The van der Waals surface area contributed by atoms with Crippen molar-refractivity contribution in [3.63, 3.8) is 0 Å². The maximum atomic E-state index is 12.7. The van der Waals surface area contributed by atoms with Crippen LogP contribution < -0.4 is 14.3 Å². The molecule has 0 unspecified atom stereocenters. The van der Waals surface area contributed by atoms with E-state index in [-0.39, 0.29) is 28.1 Å². The SMILES string of the molecule is CCOc1cc(/C=N\NC(=O)CSc2nc3ccccc3o2)cc(I)c1OS(=O)(=O)c1ccccc1. The number of thioether (sulfide) groups is 1. The summed E-state index contributed by atoms with van der Waals surface area (Å²) in [6.45, 7) is 2.07. The van der Waals surface area contributed by atoms with Gasteiger partial charge in [0.05, 0.1) is 22.1 Å². The van der Waals surface area contributed by atoms with Crippen molar-refractivity contribution in [2.45, 2.75) is 17.0 Å². The number of fused-ring (bicyclic) bond motifs is 1. The quantitative estimate of drug-likeness (QED) is 0.0863. The monoisotopic (exact) mass is 637 g/mol. The minimum Gasteiger partial charge on any atom is -0.490 e. The molecule has 0 fully saturated rings. The number of nitrogens with one attached hydrogen (secondary N) is 1. The Hall–Kier alpha value is -3.10. The van der Waals surface area contributed by atoms with E-state index in [0.717, 1.165) is 17.3 Å². The number of oxazole rings is 1. The van der Waals surface area contributed by atoms with Gasteiger partial charge in [-0.15, -0.1) is 0 Å². The zero-order chi connectivity index (χ0) is 25.5. The number of carbonyl (C=O) groups excluding carboxylic acids is 1. The molecule has 1 aromatic heterocycles. The first kappa shape index (κ1) is 26.0. The Labute approximate surface area is 225 Å². The summed E-state index contributed by atoms with van der Waals surface area (Å²) in [5.41, 5.74) is 4.41. The highest BCUT2D eigenvalue weighted by molar-refractivity contribution is 14.1. The average molecular weight is 637 g/mol. The summed E-state index contributed by atoms with van der Waals surface area (Å²) < 4.78 is 42.5. The summed E-state index contributed by atoms with van der Waals surface area (Å²) in [6, 6.07) is 18.5. The van der Waals surface area contributed by atoms with Crippen LogP contribution in [0.15, 0.2) is 86.4 Å². The first-order valence-corrected chi connectivity index (χ1v) is 14.1. The van der Waals surface area contributed by atoms with Gasteiger partial charge < -0.3 is 13.3 Å². The van der Waals surface area contributed by atoms with E-state index in [2.05, 4.69) is 15.5 Å². The second-order valence-electron chi connectivity index (χ2n) is 7.14. The lowest BCUT2D eigenvalue weighted by Crippen LogP contribution is -2.19. The molecular weight excluding hydrogens is 617 g/mol. The zero-order valence-corrected chi connectivity index (χ0v) is 22.7. The van der Waals surface area contributed by atoms with Crippen LogP contribution in [0.3, 0.4) is 0 Å². The smallest absolute Gasteiger partial charge is 0.339 e. The number of benzene rings is 3. The molecule has 0 saturated carbocycles. The van der Waals surface area contributed by atoms with Gasteiger partial charge in [0, 0.05) is 0 Å². The zero-order valence-electron chi connectivity index (χ0n) is 18.9. The molecule has 0 aliphatic rings. The molecule has 4 aromatic rings. The molecule has 3 aromatic carbocycles. The minimum absolute atomic E-state index is 0.0346. The molecule has 12 heteroatoms. The standard InChI is InChI=1S/C24H20IN3O6S2/c1-2-32-21-13-16(12-18(25)23(21)34-36(30,31)17-8-4-3-5-9-17)14-26-28-22(29)15-35-24-27-19-10-6-7-11-20(19)33-24/h3-14H,2,15H2,1H3,(H,28,29)/b26-14-. The number of amides is 1. The van der Waals surface area contributed by atoms with Crippen LogP contribution in [-0.2, 0) is 14.9 Å². The fourth-order valence-electron chi connectivity index (χ4n) is 3.00. The topological polar surface area (TPSA) is 120 Å². The number of halogens is 1. The normalized spacial score (nSPS) is 11.6. The number of hydrogen-bond acceptors (Lipinski definition) is 9. The number of hydrogen-bond donors (Lipinski definition) is 1. The van der Waals surface area contributed by atoms with Crippen molar-refractivity contribution in [1.29, 1.82) is 0 Å². The summed E-state index contributed by atoms with van der Waals surface area (Å²) in [5, 5.41) is 4.38. The minimum atomic E-state index is -4.05. The maximum absolute atomic E-state index is 12.7. The summed E-state index contributed by atoms with van der Waals surface area (Å²) >= 11 is 3.12. The molecule has 0 bridgehead atoms. The van der Waals surface area contributed by atoms with Crippen molar-refractivity contribution in [3.05, 3.63) is 75.9 Å². The molecule has 186 valence electrons. The number of carbonyl (C=O) groups is 1. The van der Waals surface area contributed by atoms with E-state index < -0.39 is 10.1 Å². The maximum Gasteiger partial charge on any atom is 0.339 e. The van der Waals surface area contributed by atoms with Crippen LogP contribution in [0.5, 0.6) is 11.5 Å². The van der Waals surface area contributed by atoms with E-state index in [1.165, 1.54) is 18.3 Å². The van der Waals surface area contributed by atoms with Gasteiger partial charge in [0.1, 0.15) is 10.4 Å². The molecule has 1 N–H and O–H groups in total. The van der Waals surface area contributed by atoms with Crippen LogP contribution in [0.25, 0.3) is 11.1 Å². The first-order chi connectivity index (χ1) is 17.4. The molecule has 0 atom stereocenters. The molecule has 4 rings (SSSR count). The summed E-state index contributed by atoms with van der Waals surface area (Å²) in [7, 11) is -4.05. The number of rotatable bonds is 10. The van der Waals surface area contributed by atoms with Crippen molar-refractivity contribution in [3.8, 4) is 11.5 Å². The van der Waals surface area contributed by atoms with Crippen LogP contribution in [0.2, 0.25) is 0 Å². The predicted molar refractivity (Wildman–Crippen MR) is 145 cm³/mol. The highest BCUT2D eigenvalue weighted by atomic mass is 127. The van der Waals surface area contributed by atoms with Gasteiger partial charge in [0.2, 0.25) is 0 Å². The van der Waals surface area contributed by atoms with Crippen LogP contribution in [0.4, 0.5) is 0 Å². The third-order valence-corrected chi connectivity index (χ3v) is 7.43. The molecule has 36 heavy (non-hydrogen) atoms. The van der Waals surface area contributed by atoms with Crippen LogP contribution in [-0.4, -0.2) is 37.9 Å². The first-order valence-electron chi connectivity index (χ1n) is 10.6. The van der Waals surface area contributed by atoms with Gasteiger partial charge in [0.15, 0.2) is 17.1 Å². The molecular formula is C24H20IN3O6S2. The van der Waals surface area contributed by atoms with Crippen LogP contribution >= 0.6 is 34.4 Å². The number of nitrogens with zero attached hydrogens (tertiary/aromatic N) is 2. The van der Waals surface area contributed by atoms with Gasteiger partial charge in [0.25, 0.3) is 11.1 Å². The molecule has 1 amide bonds. The second kappa shape index (κ2) is 11.8.